The average Bonchev–Trinajstić information content (AvgIpc) is 2.68. The lowest BCUT2D eigenvalue weighted by atomic mass is 10.2. The molecule has 0 radical (unpaired) electrons. The molecule has 0 bridgehead atoms. The quantitative estimate of drug-likeness (QED) is 0.240. The summed E-state index contributed by atoms with van der Waals surface area (Å²) in [5, 5.41) is 0. The molecule has 0 aliphatic rings. The number of methoxy groups -OCH3 is 1. The van der Waals surface area contributed by atoms with Crippen LogP contribution >= 0.6 is 0 Å². The number of benzene rings is 2. The van der Waals surface area contributed by atoms with E-state index in [1.807, 2.05) is 0 Å². The van der Waals surface area contributed by atoms with Crippen LogP contribution in [0.15, 0.2) is 61.2 Å². The van der Waals surface area contributed by atoms with Crippen LogP contribution in [0.25, 0.3) is 0 Å². The summed E-state index contributed by atoms with van der Waals surface area (Å²) in [5.41, 5.74) is 0.256. The summed E-state index contributed by atoms with van der Waals surface area (Å²) < 4.78 is 24.1. The summed E-state index contributed by atoms with van der Waals surface area (Å²) >= 11 is 0. The molecule has 8 heteroatoms. The second-order valence-corrected chi connectivity index (χ2v) is 4.87. The van der Waals surface area contributed by atoms with E-state index in [2.05, 4.69) is 16.1 Å². The maximum absolute atomic E-state index is 12.1. The van der Waals surface area contributed by atoms with E-state index in [0.717, 1.165) is 6.08 Å². The van der Waals surface area contributed by atoms with Crippen LogP contribution in [0.1, 0.15) is 10.4 Å². The van der Waals surface area contributed by atoms with Crippen LogP contribution in [0, 0.1) is 0 Å². The van der Waals surface area contributed by atoms with Gasteiger partial charge in [0.2, 0.25) is 6.79 Å². The molecule has 0 amide bonds. The average molecular weight is 372 g/mol. The van der Waals surface area contributed by atoms with Gasteiger partial charge in [0, 0.05) is 6.08 Å². The van der Waals surface area contributed by atoms with Crippen LogP contribution in [0.4, 0.5) is 4.79 Å². The predicted octanol–water partition coefficient (Wildman–Crippen LogP) is 3.12. The van der Waals surface area contributed by atoms with Crippen molar-refractivity contribution >= 4 is 18.1 Å². The Labute approximate surface area is 154 Å². The molecule has 0 atom stereocenters. The van der Waals surface area contributed by atoms with E-state index in [9.17, 15) is 14.4 Å². The number of hydrogen-bond acceptors (Lipinski definition) is 8. The Kier molecular flexibility index (Phi) is 6.95. The fourth-order valence-electron chi connectivity index (χ4n) is 1.79. The summed E-state index contributed by atoms with van der Waals surface area (Å²) in [6, 6.07) is 12.2. The molecule has 0 aliphatic heterocycles. The molecule has 2 aromatic rings. The third kappa shape index (κ3) is 6.20. The van der Waals surface area contributed by atoms with Gasteiger partial charge in [-0.3, -0.25) is 0 Å². The Morgan fingerprint density at radius 1 is 0.852 bits per heavy atom. The van der Waals surface area contributed by atoms with Gasteiger partial charge in [-0.25, -0.2) is 14.4 Å². The molecule has 0 saturated heterocycles. The van der Waals surface area contributed by atoms with Gasteiger partial charge in [-0.1, -0.05) is 6.58 Å². The third-order valence-electron chi connectivity index (χ3n) is 3.11. The highest BCUT2D eigenvalue weighted by Crippen LogP contribution is 2.19. The first-order valence-corrected chi connectivity index (χ1v) is 7.62. The molecule has 0 saturated carbocycles. The van der Waals surface area contributed by atoms with Crippen molar-refractivity contribution in [2.45, 2.75) is 0 Å². The number of carbonyl (C=O) groups is 3. The van der Waals surface area contributed by atoms with Crippen LogP contribution in [0.3, 0.4) is 0 Å². The van der Waals surface area contributed by atoms with Gasteiger partial charge >= 0.3 is 18.1 Å². The molecule has 140 valence electrons. The number of rotatable bonds is 7. The molecule has 0 N–H and O–H groups in total. The minimum absolute atomic E-state index is 0.135. The van der Waals surface area contributed by atoms with Gasteiger partial charge in [0.1, 0.15) is 17.2 Å². The van der Waals surface area contributed by atoms with Crippen molar-refractivity contribution < 1.29 is 38.1 Å². The van der Waals surface area contributed by atoms with E-state index in [1.54, 1.807) is 24.3 Å². The van der Waals surface area contributed by atoms with Gasteiger partial charge in [0.15, 0.2) is 0 Å². The van der Waals surface area contributed by atoms with E-state index < -0.39 is 24.9 Å². The zero-order valence-corrected chi connectivity index (χ0v) is 14.4. The topological polar surface area (TPSA) is 97.4 Å². The fourth-order valence-corrected chi connectivity index (χ4v) is 1.79. The monoisotopic (exact) mass is 372 g/mol. The van der Waals surface area contributed by atoms with Gasteiger partial charge in [-0.2, -0.15) is 0 Å². The molecule has 0 fully saturated rings. The molecule has 27 heavy (non-hydrogen) atoms. The smallest absolute Gasteiger partial charge is 0.497 e. The maximum Gasteiger partial charge on any atom is 0.516 e. The van der Waals surface area contributed by atoms with Gasteiger partial charge in [-0.05, 0) is 48.5 Å². The Morgan fingerprint density at radius 2 is 1.41 bits per heavy atom. The highest BCUT2D eigenvalue weighted by molar-refractivity contribution is 5.91. The standard InChI is InChI=1S/C19H16O8/c1-3-17(20)24-12-25-19(22)27-16-6-4-13(5-7-16)18(21)26-15-10-8-14(23-2)9-11-15/h3-11H,1,12H2,2H3. The first kappa shape index (κ1) is 19.5. The molecule has 8 nitrogen and oxygen atoms in total. The summed E-state index contributed by atoms with van der Waals surface area (Å²) in [4.78, 5) is 34.3. The summed E-state index contributed by atoms with van der Waals surface area (Å²) in [5.74, 6) is -0.176. The van der Waals surface area contributed by atoms with Gasteiger partial charge in [0.05, 0.1) is 12.7 Å². The van der Waals surface area contributed by atoms with Crippen LogP contribution in [0.5, 0.6) is 17.2 Å². The zero-order chi connectivity index (χ0) is 19.6. The van der Waals surface area contributed by atoms with E-state index in [1.165, 1.54) is 31.4 Å². The Balaban J connectivity index is 1.86. The van der Waals surface area contributed by atoms with Gasteiger partial charge in [-0.15, -0.1) is 0 Å². The Bertz CT molecular complexity index is 809. The molecule has 0 heterocycles. The van der Waals surface area contributed by atoms with Crippen LogP contribution in [-0.2, 0) is 14.3 Å². The minimum atomic E-state index is -1.07. The van der Waals surface area contributed by atoms with Gasteiger partial charge in [0.25, 0.3) is 0 Å². The first-order valence-electron chi connectivity index (χ1n) is 7.62. The van der Waals surface area contributed by atoms with Crippen molar-refractivity contribution in [2.24, 2.45) is 0 Å². The van der Waals surface area contributed by atoms with Crippen molar-refractivity contribution in [1.82, 2.24) is 0 Å². The molecule has 0 unspecified atom stereocenters. The molecule has 0 spiro atoms. The van der Waals surface area contributed by atoms with E-state index in [-0.39, 0.29) is 11.3 Å². The second-order valence-electron chi connectivity index (χ2n) is 4.87. The molecule has 0 aromatic heterocycles. The fraction of sp³-hybridized carbons (Fsp3) is 0.105. The van der Waals surface area contributed by atoms with E-state index in [0.29, 0.717) is 11.5 Å². The summed E-state index contributed by atoms with van der Waals surface area (Å²) in [6.07, 6.45) is -0.140. The maximum atomic E-state index is 12.1. The molecular formula is C19H16O8. The van der Waals surface area contributed by atoms with Crippen LogP contribution in [0.2, 0.25) is 0 Å². The van der Waals surface area contributed by atoms with Crippen molar-refractivity contribution in [2.75, 3.05) is 13.9 Å². The molecule has 0 aliphatic carbocycles. The summed E-state index contributed by atoms with van der Waals surface area (Å²) in [7, 11) is 1.54. The van der Waals surface area contributed by atoms with E-state index >= 15 is 0 Å². The first-order chi connectivity index (χ1) is 13.0. The lowest BCUT2D eigenvalue weighted by Crippen LogP contribution is -2.15. The Hall–Kier alpha value is -3.81. The minimum Gasteiger partial charge on any atom is -0.497 e. The molecule has 2 rings (SSSR count). The molecule has 2 aromatic carbocycles. The normalized spacial score (nSPS) is 9.67. The number of carbonyl (C=O) groups excluding carboxylic acids is 3. The predicted molar refractivity (Wildman–Crippen MR) is 92.7 cm³/mol. The van der Waals surface area contributed by atoms with Crippen LogP contribution in [-0.4, -0.2) is 32.0 Å². The highest BCUT2D eigenvalue weighted by Gasteiger charge is 2.11. The molecular weight excluding hydrogens is 356 g/mol. The lowest BCUT2D eigenvalue weighted by molar-refractivity contribution is -0.146. The zero-order valence-electron chi connectivity index (χ0n) is 14.4. The Morgan fingerprint density at radius 3 is 2.00 bits per heavy atom. The lowest BCUT2D eigenvalue weighted by Gasteiger charge is -2.07. The number of esters is 2. The summed E-state index contributed by atoms with van der Waals surface area (Å²) in [6.45, 7) is 2.59. The number of ether oxygens (including phenoxy) is 5. The SMILES string of the molecule is C=CC(=O)OCOC(=O)Oc1ccc(C(=O)Oc2ccc(OC)cc2)cc1. The van der Waals surface area contributed by atoms with E-state index in [4.69, 9.17) is 14.2 Å². The second kappa shape index (κ2) is 9.62. The van der Waals surface area contributed by atoms with Crippen molar-refractivity contribution in [3.8, 4) is 17.2 Å². The van der Waals surface area contributed by atoms with Crippen LogP contribution < -0.4 is 14.2 Å². The van der Waals surface area contributed by atoms with Gasteiger partial charge < -0.3 is 23.7 Å². The van der Waals surface area contributed by atoms with Crippen molar-refractivity contribution in [3.05, 3.63) is 66.7 Å². The third-order valence-corrected chi connectivity index (χ3v) is 3.11. The highest BCUT2D eigenvalue weighted by atomic mass is 16.8. The largest absolute Gasteiger partial charge is 0.516 e. The van der Waals surface area contributed by atoms with Crippen molar-refractivity contribution in [1.29, 1.82) is 0 Å². The van der Waals surface area contributed by atoms with Crippen molar-refractivity contribution in [3.63, 3.8) is 0 Å². The number of hydrogen-bond donors (Lipinski definition) is 0.